The number of rotatable bonds is 4. The summed E-state index contributed by atoms with van der Waals surface area (Å²) in [4.78, 5) is 25.4. The lowest BCUT2D eigenvalue weighted by atomic mass is 9.96. The van der Waals surface area contributed by atoms with E-state index in [1.54, 1.807) is 37.4 Å². The molecule has 3 aromatic heterocycles. The van der Waals surface area contributed by atoms with Crippen molar-refractivity contribution in [3.8, 4) is 6.07 Å². The quantitative estimate of drug-likeness (QED) is 0.331. The maximum Gasteiger partial charge on any atom is 0.433 e. The standard InChI is InChI=1S/C29H26F4N6O/c1-17-16-39(28(19-7-9-20(30)10-8-19)22-5-4-6-25(36-22)29(31,32)33)18(2)15-38(17)24-13-26(40)37(3)23-12-11-21(14-34)35-27(23)24/h4-13,17-18,28H,15-16H2,1-3H3/t17-,18+,28?/m0/s1. The van der Waals surface area contributed by atoms with Crippen LogP contribution in [0.2, 0.25) is 0 Å². The van der Waals surface area contributed by atoms with E-state index in [-0.39, 0.29) is 29.0 Å². The average molecular weight is 551 g/mol. The summed E-state index contributed by atoms with van der Waals surface area (Å²) in [5.74, 6) is -0.451. The van der Waals surface area contributed by atoms with E-state index in [1.165, 1.54) is 28.8 Å². The highest BCUT2D eigenvalue weighted by Gasteiger charge is 2.38. The monoisotopic (exact) mass is 550 g/mol. The van der Waals surface area contributed by atoms with Gasteiger partial charge in [0.1, 0.15) is 28.8 Å². The van der Waals surface area contributed by atoms with Crippen LogP contribution in [0.5, 0.6) is 0 Å². The molecule has 1 aliphatic rings. The molecule has 0 bridgehead atoms. The molecule has 0 aliphatic carbocycles. The number of fused-ring (bicyclic) bond motifs is 1. The van der Waals surface area contributed by atoms with Crippen molar-refractivity contribution in [2.45, 2.75) is 38.1 Å². The first-order valence-corrected chi connectivity index (χ1v) is 12.7. The smallest absolute Gasteiger partial charge is 0.364 e. The van der Waals surface area contributed by atoms with Crippen molar-refractivity contribution in [1.29, 1.82) is 5.26 Å². The lowest BCUT2D eigenvalue weighted by Gasteiger charge is -2.48. The molecule has 1 saturated heterocycles. The number of hydrogen-bond acceptors (Lipinski definition) is 6. The third-order valence-electron chi connectivity index (χ3n) is 7.39. The summed E-state index contributed by atoms with van der Waals surface area (Å²) in [6.45, 7) is 4.71. The molecule has 4 heterocycles. The first kappa shape index (κ1) is 27.3. The molecule has 7 nitrogen and oxygen atoms in total. The number of nitrogens with zero attached hydrogens (tertiary/aromatic N) is 6. The first-order chi connectivity index (χ1) is 19.0. The van der Waals surface area contributed by atoms with Crippen LogP contribution in [-0.4, -0.2) is 44.6 Å². The van der Waals surface area contributed by atoms with Gasteiger partial charge in [-0.3, -0.25) is 9.69 Å². The Hall–Kier alpha value is -4.30. The number of benzene rings is 1. The van der Waals surface area contributed by atoms with Gasteiger partial charge in [0.05, 0.1) is 22.9 Å². The minimum atomic E-state index is -4.61. The van der Waals surface area contributed by atoms with Gasteiger partial charge in [0.15, 0.2) is 0 Å². The maximum absolute atomic E-state index is 13.8. The van der Waals surface area contributed by atoms with E-state index in [4.69, 9.17) is 0 Å². The number of aromatic nitrogens is 3. The van der Waals surface area contributed by atoms with Crippen molar-refractivity contribution < 1.29 is 17.6 Å². The molecule has 206 valence electrons. The molecule has 5 rings (SSSR count). The summed E-state index contributed by atoms with van der Waals surface area (Å²) in [6, 6.07) is 15.2. The van der Waals surface area contributed by atoms with Crippen molar-refractivity contribution in [1.82, 2.24) is 19.4 Å². The SMILES string of the molecule is C[C@@H]1CN(c2cc(=O)n(C)c3ccc(C#N)nc23)[C@@H](C)CN1C(c1ccc(F)cc1)c1cccc(C(F)(F)F)n1. The van der Waals surface area contributed by atoms with Crippen LogP contribution < -0.4 is 10.5 Å². The number of hydrogen-bond donors (Lipinski definition) is 0. The maximum atomic E-state index is 13.8. The lowest BCUT2D eigenvalue weighted by Crippen LogP contribution is -2.57. The zero-order chi connectivity index (χ0) is 28.8. The molecule has 40 heavy (non-hydrogen) atoms. The minimum Gasteiger partial charge on any atom is -0.364 e. The van der Waals surface area contributed by atoms with Crippen LogP contribution in [0.4, 0.5) is 23.2 Å². The molecule has 0 spiro atoms. The average Bonchev–Trinajstić information content (AvgIpc) is 2.93. The predicted octanol–water partition coefficient (Wildman–Crippen LogP) is 5.05. The Morgan fingerprint density at radius 1 is 1.00 bits per heavy atom. The van der Waals surface area contributed by atoms with E-state index in [0.717, 1.165) is 6.07 Å². The van der Waals surface area contributed by atoms with E-state index in [1.807, 2.05) is 29.7 Å². The molecule has 1 fully saturated rings. The number of piperazine rings is 1. The van der Waals surface area contributed by atoms with Crippen LogP contribution in [-0.2, 0) is 13.2 Å². The Morgan fingerprint density at radius 3 is 2.40 bits per heavy atom. The molecule has 4 aromatic rings. The largest absolute Gasteiger partial charge is 0.433 e. The number of pyridine rings is 3. The lowest BCUT2D eigenvalue weighted by molar-refractivity contribution is -0.141. The number of aryl methyl sites for hydroxylation is 1. The molecular formula is C29H26F4N6O. The molecule has 0 saturated carbocycles. The third-order valence-corrected chi connectivity index (χ3v) is 7.39. The molecule has 3 atom stereocenters. The third kappa shape index (κ3) is 5.02. The Balaban J connectivity index is 1.57. The van der Waals surface area contributed by atoms with Gasteiger partial charge in [-0.15, -0.1) is 0 Å². The van der Waals surface area contributed by atoms with E-state index < -0.39 is 23.7 Å². The fraction of sp³-hybridized carbons (Fsp3) is 0.310. The van der Waals surface area contributed by atoms with Crippen molar-refractivity contribution in [2.24, 2.45) is 7.05 Å². The topological polar surface area (TPSA) is 78.0 Å². The molecular weight excluding hydrogens is 524 g/mol. The van der Waals surface area contributed by atoms with Crippen molar-refractivity contribution in [3.05, 3.63) is 99.5 Å². The Labute approximate surface area is 227 Å². The van der Waals surface area contributed by atoms with Crippen molar-refractivity contribution in [3.63, 3.8) is 0 Å². The van der Waals surface area contributed by atoms with E-state index in [2.05, 4.69) is 9.97 Å². The van der Waals surface area contributed by atoms with Crippen LogP contribution >= 0.6 is 0 Å². The van der Waals surface area contributed by atoms with Crippen LogP contribution in [0.1, 0.15) is 42.5 Å². The highest BCUT2D eigenvalue weighted by atomic mass is 19.4. The van der Waals surface area contributed by atoms with Crippen LogP contribution in [0, 0.1) is 17.1 Å². The second-order valence-electron chi connectivity index (χ2n) is 10.0. The van der Waals surface area contributed by atoms with Gasteiger partial charge in [-0.1, -0.05) is 18.2 Å². The Bertz CT molecular complexity index is 1660. The van der Waals surface area contributed by atoms with Crippen molar-refractivity contribution >= 4 is 16.7 Å². The number of alkyl halides is 3. The van der Waals surface area contributed by atoms with Gasteiger partial charge in [0.25, 0.3) is 5.56 Å². The zero-order valence-corrected chi connectivity index (χ0v) is 22.0. The van der Waals surface area contributed by atoms with Crippen LogP contribution in [0.3, 0.4) is 0 Å². The van der Waals surface area contributed by atoms with Gasteiger partial charge in [0, 0.05) is 38.3 Å². The molecule has 0 amide bonds. The Kier molecular flexibility index (Phi) is 7.06. The second-order valence-corrected chi connectivity index (χ2v) is 10.0. The van der Waals surface area contributed by atoms with Crippen molar-refractivity contribution in [2.75, 3.05) is 18.0 Å². The first-order valence-electron chi connectivity index (χ1n) is 12.7. The molecule has 1 unspecified atom stereocenters. The number of nitriles is 1. The summed E-state index contributed by atoms with van der Waals surface area (Å²) >= 11 is 0. The van der Waals surface area contributed by atoms with Gasteiger partial charge in [0.2, 0.25) is 0 Å². The van der Waals surface area contributed by atoms with E-state index >= 15 is 0 Å². The summed E-state index contributed by atoms with van der Waals surface area (Å²) in [5.41, 5.74) is 1.50. The number of halogens is 4. The van der Waals surface area contributed by atoms with Crippen LogP contribution in [0.25, 0.3) is 11.0 Å². The molecule has 0 radical (unpaired) electrons. The fourth-order valence-corrected chi connectivity index (χ4v) is 5.38. The van der Waals surface area contributed by atoms with Gasteiger partial charge in [-0.25, -0.2) is 14.4 Å². The van der Waals surface area contributed by atoms with Gasteiger partial charge >= 0.3 is 6.18 Å². The van der Waals surface area contributed by atoms with Gasteiger partial charge < -0.3 is 9.47 Å². The zero-order valence-electron chi connectivity index (χ0n) is 22.0. The summed E-state index contributed by atoms with van der Waals surface area (Å²) in [6.07, 6.45) is -4.61. The summed E-state index contributed by atoms with van der Waals surface area (Å²) in [7, 11) is 1.64. The van der Waals surface area contributed by atoms with E-state index in [9.17, 15) is 27.6 Å². The molecule has 0 N–H and O–H groups in total. The second kappa shape index (κ2) is 10.4. The summed E-state index contributed by atoms with van der Waals surface area (Å²) < 4.78 is 56.0. The highest BCUT2D eigenvalue weighted by molar-refractivity contribution is 5.89. The van der Waals surface area contributed by atoms with Crippen LogP contribution in [0.15, 0.2) is 65.5 Å². The molecule has 1 aromatic carbocycles. The summed E-state index contributed by atoms with van der Waals surface area (Å²) in [5, 5.41) is 9.41. The normalized spacial score (nSPS) is 19.0. The predicted molar refractivity (Wildman–Crippen MR) is 142 cm³/mol. The molecule has 11 heteroatoms. The van der Waals surface area contributed by atoms with Gasteiger partial charge in [-0.05, 0) is 55.8 Å². The van der Waals surface area contributed by atoms with E-state index in [0.29, 0.717) is 35.4 Å². The fourth-order valence-electron chi connectivity index (χ4n) is 5.38. The highest BCUT2D eigenvalue weighted by Crippen LogP contribution is 2.36. The number of anilines is 1. The van der Waals surface area contributed by atoms with Gasteiger partial charge in [-0.2, -0.15) is 18.4 Å². The minimum absolute atomic E-state index is 0.201. The Morgan fingerprint density at radius 2 is 1.73 bits per heavy atom. The molecule has 1 aliphatic heterocycles.